The van der Waals surface area contributed by atoms with Crippen molar-refractivity contribution >= 4 is 49.1 Å². The summed E-state index contributed by atoms with van der Waals surface area (Å²) in [7, 11) is 0. The highest BCUT2D eigenvalue weighted by Crippen LogP contribution is 2.48. The number of amides is 1. The summed E-state index contributed by atoms with van der Waals surface area (Å²) in [5.41, 5.74) is 1.88. The third-order valence-corrected chi connectivity index (χ3v) is 12.2. The fourth-order valence-electron chi connectivity index (χ4n) is 8.68. The number of nitriles is 1. The number of thiophene rings is 1. The fourth-order valence-corrected chi connectivity index (χ4v) is 9.62. The molecule has 0 saturated carbocycles. The zero-order chi connectivity index (χ0) is 39.0. The maximum absolute atomic E-state index is 17.3. The first-order valence-corrected chi connectivity index (χ1v) is 18.6. The highest BCUT2D eigenvalue weighted by Gasteiger charge is 2.49. The fraction of sp³-hybridized carbons (Fsp3) is 0.432. The lowest BCUT2D eigenvalue weighted by molar-refractivity contribution is -0.137. The van der Waals surface area contributed by atoms with E-state index in [0.717, 1.165) is 31.0 Å². The SMILES string of the molecule is CCN(c1nc(OCC23CCCN2CC(F)C3)nc2c(F)c(-c3ccc(F)c4sc(N)c(C#N)c34)c(C(F)(F)F)cc12)C1CC(C)N(C(=O)c2cocn2)C1. The molecule has 0 bridgehead atoms. The first kappa shape index (κ1) is 36.8. The van der Waals surface area contributed by atoms with Crippen LogP contribution in [0.4, 0.5) is 37.2 Å². The Morgan fingerprint density at radius 3 is 2.76 bits per heavy atom. The number of hydrogen-bond donors (Lipinski definition) is 1. The van der Waals surface area contributed by atoms with E-state index >= 15 is 22.0 Å². The van der Waals surface area contributed by atoms with Gasteiger partial charge in [0, 0.05) is 54.5 Å². The highest BCUT2D eigenvalue weighted by molar-refractivity contribution is 7.23. The van der Waals surface area contributed by atoms with E-state index in [4.69, 9.17) is 14.9 Å². The Labute approximate surface area is 314 Å². The van der Waals surface area contributed by atoms with Crippen LogP contribution in [0.25, 0.3) is 32.1 Å². The van der Waals surface area contributed by atoms with E-state index in [0.29, 0.717) is 30.7 Å². The normalized spacial score (nSPS) is 22.8. The average Bonchev–Trinajstić information content (AvgIpc) is 3.97. The quantitative estimate of drug-likeness (QED) is 0.159. The Bertz CT molecular complexity index is 2370. The second-order valence-corrected chi connectivity index (χ2v) is 15.4. The molecule has 6 heterocycles. The predicted octanol–water partition coefficient (Wildman–Crippen LogP) is 7.34. The predicted molar refractivity (Wildman–Crippen MR) is 191 cm³/mol. The molecule has 8 rings (SSSR count). The molecule has 1 amide bonds. The first-order chi connectivity index (χ1) is 26.2. The molecule has 4 atom stereocenters. The van der Waals surface area contributed by atoms with Gasteiger partial charge in [-0.15, -0.1) is 11.3 Å². The van der Waals surface area contributed by atoms with Gasteiger partial charge in [0.2, 0.25) is 0 Å². The van der Waals surface area contributed by atoms with Gasteiger partial charge in [0.1, 0.15) is 47.3 Å². The Morgan fingerprint density at radius 1 is 1.25 bits per heavy atom. The number of fused-ring (bicyclic) bond motifs is 3. The summed E-state index contributed by atoms with van der Waals surface area (Å²) in [5, 5.41) is 9.21. The van der Waals surface area contributed by atoms with E-state index in [-0.39, 0.29) is 82.3 Å². The molecule has 2 N–H and O–H groups in total. The van der Waals surface area contributed by atoms with Crippen molar-refractivity contribution in [1.29, 1.82) is 5.26 Å². The number of nitrogens with two attached hydrogens (primary N) is 1. The molecule has 3 aromatic heterocycles. The van der Waals surface area contributed by atoms with Crippen LogP contribution < -0.4 is 15.4 Å². The third kappa shape index (κ3) is 6.08. The van der Waals surface area contributed by atoms with Crippen molar-refractivity contribution in [3.05, 3.63) is 59.3 Å². The zero-order valence-electron chi connectivity index (χ0n) is 29.6. The second-order valence-electron chi connectivity index (χ2n) is 14.3. The van der Waals surface area contributed by atoms with Crippen LogP contribution in [0, 0.1) is 23.0 Å². The highest BCUT2D eigenvalue weighted by atomic mass is 32.1. The standard InChI is InChI=1S/C37H34F6N8O3S/c1-3-50(20-9-18(2)51(14-20)34(52)26-15-53-17-46-26)33-22-10-24(37(41,42)43)28(21-5-6-25(39)31-27(21)23(12-44)32(45)55-31)29(40)30(22)47-35(48-33)54-16-36-7-4-8-49(36)13-19(38)11-36/h5-6,10,15,17-20H,3-4,7-9,11,13-14,16,45H2,1-2H3. The number of halogens is 6. The number of hydrogen-bond acceptors (Lipinski definition) is 11. The maximum atomic E-state index is 17.3. The minimum atomic E-state index is -5.15. The van der Waals surface area contributed by atoms with Crippen LogP contribution in [0.2, 0.25) is 0 Å². The van der Waals surface area contributed by atoms with E-state index in [2.05, 4.69) is 15.0 Å². The van der Waals surface area contributed by atoms with Crippen LogP contribution in [0.15, 0.2) is 35.3 Å². The van der Waals surface area contributed by atoms with Gasteiger partial charge in [0.25, 0.3) is 5.91 Å². The number of likely N-dealkylation sites (N-methyl/N-ethyl adjacent to an activating group) is 1. The van der Waals surface area contributed by atoms with Crippen molar-refractivity contribution in [2.24, 2.45) is 0 Å². The molecular weight excluding hydrogens is 751 g/mol. The minimum absolute atomic E-state index is 0.0433. The lowest BCUT2D eigenvalue weighted by Gasteiger charge is -2.32. The molecule has 3 saturated heterocycles. The van der Waals surface area contributed by atoms with E-state index in [1.54, 1.807) is 16.7 Å². The largest absolute Gasteiger partial charge is 0.461 e. The number of alkyl halides is 4. The van der Waals surface area contributed by atoms with E-state index in [9.17, 15) is 14.4 Å². The molecule has 2 aromatic carbocycles. The molecule has 3 aliphatic heterocycles. The van der Waals surface area contributed by atoms with E-state index in [1.165, 1.54) is 6.26 Å². The number of likely N-dealkylation sites (tertiary alicyclic amines) is 1. The van der Waals surface area contributed by atoms with Gasteiger partial charge in [0.05, 0.1) is 21.4 Å². The van der Waals surface area contributed by atoms with Crippen LogP contribution >= 0.6 is 11.3 Å². The summed E-state index contributed by atoms with van der Waals surface area (Å²) in [5.74, 6) is -2.70. The molecule has 18 heteroatoms. The third-order valence-electron chi connectivity index (χ3n) is 11.1. The summed E-state index contributed by atoms with van der Waals surface area (Å²) in [6.07, 6.45) is -1.82. The Morgan fingerprint density at radius 2 is 2.05 bits per heavy atom. The van der Waals surface area contributed by atoms with Crippen molar-refractivity contribution in [1.82, 2.24) is 24.8 Å². The Balaban J connectivity index is 1.32. The number of benzene rings is 2. The molecule has 55 heavy (non-hydrogen) atoms. The smallest absolute Gasteiger partial charge is 0.417 e. The first-order valence-electron chi connectivity index (χ1n) is 17.7. The van der Waals surface area contributed by atoms with Crippen LogP contribution in [0.1, 0.15) is 61.1 Å². The van der Waals surface area contributed by atoms with Crippen LogP contribution in [0.3, 0.4) is 0 Å². The molecule has 3 aliphatic rings. The molecule has 5 aromatic rings. The van der Waals surface area contributed by atoms with Crippen LogP contribution in [-0.4, -0.2) is 87.2 Å². The molecule has 4 unspecified atom stereocenters. The van der Waals surface area contributed by atoms with Crippen molar-refractivity contribution in [2.75, 3.05) is 43.4 Å². The van der Waals surface area contributed by atoms with Crippen molar-refractivity contribution in [2.45, 2.75) is 69.5 Å². The number of ether oxygens (including phenoxy) is 1. The second kappa shape index (κ2) is 13.6. The molecule has 3 fully saturated rings. The minimum Gasteiger partial charge on any atom is -0.461 e. The summed E-state index contributed by atoms with van der Waals surface area (Å²) < 4.78 is 103. The van der Waals surface area contributed by atoms with Gasteiger partial charge >= 0.3 is 12.2 Å². The number of anilines is 2. The number of carbonyl (C=O) groups excluding carboxylic acids is 1. The number of aromatic nitrogens is 3. The number of carbonyl (C=O) groups is 1. The lowest BCUT2D eigenvalue weighted by atomic mass is 9.92. The Kier molecular flexibility index (Phi) is 9.07. The van der Waals surface area contributed by atoms with Gasteiger partial charge in [0.15, 0.2) is 17.9 Å². The molecule has 0 spiro atoms. The molecular formula is C37H34F6N8O3S. The number of nitrogen functional groups attached to an aromatic ring is 1. The summed E-state index contributed by atoms with van der Waals surface area (Å²) in [4.78, 5) is 31.5. The van der Waals surface area contributed by atoms with Crippen molar-refractivity contribution < 1.29 is 40.3 Å². The van der Waals surface area contributed by atoms with Gasteiger partial charge in [-0.05, 0) is 57.4 Å². The average molecular weight is 785 g/mol. The van der Waals surface area contributed by atoms with Crippen molar-refractivity contribution in [3.63, 3.8) is 0 Å². The lowest BCUT2D eigenvalue weighted by Crippen LogP contribution is -2.43. The number of rotatable bonds is 8. The van der Waals surface area contributed by atoms with Gasteiger partial charge in [-0.1, -0.05) is 6.07 Å². The van der Waals surface area contributed by atoms with E-state index < -0.39 is 63.7 Å². The summed E-state index contributed by atoms with van der Waals surface area (Å²) >= 11 is 0.671. The monoisotopic (exact) mass is 784 g/mol. The van der Waals surface area contributed by atoms with Gasteiger partial charge in [-0.3, -0.25) is 9.69 Å². The molecule has 288 valence electrons. The summed E-state index contributed by atoms with van der Waals surface area (Å²) in [6, 6.07) is 3.32. The maximum Gasteiger partial charge on any atom is 0.417 e. The molecule has 0 aliphatic carbocycles. The molecule has 0 radical (unpaired) electrons. The summed E-state index contributed by atoms with van der Waals surface area (Å²) in [6.45, 7) is 4.76. The van der Waals surface area contributed by atoms with Gasteiger partial charge < -0.3 is 24.7 Å². The van der Waals surface area contributed by atoms with E-state index in [1.807, 2.05) is 17.9 Å². The van der Waals surface area contributed by atoms with Gasteiger partial charge in [-0.2, -0.15) is 28.4 Å². The number of nitrogens with zero attached hydrogens (tertiary/aromatic N) is 7. The van der Waals surface area contributed by atoms with Crippen LogP contribution in [-0.2, 0) is 6.18 Å². The van der Waals surface area contributed by atoms with Crippen LogP contribution in [0.5, 0.6) is 6.01 Å². The molecule has 11 nitrogen and oxygen atoms in total. The Hall–Kier alpha value is -5.15. The van der Waals surface area contributed by atoms with Gasteiger partial charge in [-0.25, -0.2) is 18.2 Å². The number of oxazole rings is 1. The van der Waals surface area contributed by atoms with Crippen molar-refractivity contribution in [3.8, 4) is 23.2 Å². The zero-order valence-corrected chi connectivity index (χ0v) is 30.4. The topological polar surface area (TPSA) is 138 Å².